The molecule has 3 nitrogen and oxygen atoms in total. The van der Waals surface area contributed by atoms with Gasteiger partial charge in [-0.15, -0.1) is 0 Å². The highest BCUT2D eigenvalue weighted by molar-refractivity contribution is 5.81. The van der Waals surface area contributed by atoms with Crippen LogP contribution in [0.2, 0.25) is 0 Å². The third-order valence-corrected chi connectivity index (χ3v) is 3.63. The number of carbonyl (C=O) groups is 1. The number of amides is 1. The Hall–Kier alpha value is -1.35. The summed E-state index contributed by atoms with van der Waals surface area (Å²) in [5.74, 6) is 0.207. The molecule has 0 radical (unpaired) electrons. The molecule has 0 heterocycles. The van der Waals surface area contributed by atoms with E-state index in [2.05, 4.69) is 29.6 Å². The van der Waals surface area contributed by atoms with Gasteiger partial charge in [0.25, 0.3) is 0 Å². The van der Waals surface area contributed by atoms with Gasteiger partial charge >= 0.3 is 0 Å². The molecule has 0 spiro atoms. The molecular weight excluding hydrogens is 248 g/mol. The first kappa shape index (κ1) is 16.7. The second kappa shape index (κ2) is 9.54. The van der Waals surface area contributed by atoms with Gasteiger partial charge in [0.15, 0.2) is 0 Å². The Bertz CT molecular complexity index is 374. The average molecular weight is 276 g/mol. The fourth-order valence-electron chi connectivity index (χ4n) is 2.31. The standard InChI is InChI=1S/C17H28N2O/c1-4-19(5-2)17(20)15(3)18-14-10-9-13-16-11-7-6-8-12-16/h6-8,11-12,15,18H,4-5,9-10,13-14H2,1-3H3. The summed E-state index contributed by atoms with van der Waals surface area (Å²) < 4.78 is 0. The quantitative estimate of drug-likeness (QED) is 0.703. The Morgan fingerprint density at radius 1 is 1.15 bits per heavy atom. The molecule has 0 bridgehead atoms. The van der Waals surface area contributed by atoms with Crippen molar-refractivity contribution in [1.29, 1.82) is 0 Å². The predicted octanol–water partition coefficient (Wildman–Crippen LogP) is 2.86. The SMILES string of the molecule is CCN(CC)C(=O)C(C)NCCCCc1ccccc1. The maximum absolute atomic E-state index is 12.1. The van der Waals surface area contributed by atoms with E-state index in [4.69, 9.17) is 0 Å². The number of hydrogen-bond donors (Lipinski definition) is 1. The summed E-state index contributed by atoms with van der Waals surface area (Å²) >= 11 is 0. The van der Waals surface area contributed by atoms with Crippen molar-refractivity contribution in [3.63, 3.8) is 0 Å². The van der Waals surface area contributed by atoms with Gasteiger partial charge in [0, 0.05) is 13.1 Å². The van der Waals surface area contributed by atoms with Gasteiger partial charge in [-0.1, -0.05) is 30.3 Å². The molecule has 1 aromatic rings. The van der Waals surface area contributed by atoms with E-state index in [0.717, 1.165) is 38.9 Å². The molecule has 1 rings (SSSR count). The van der Waals surface area contributed by atoms with Gasteiger partial charge in [-0.25, -0.2) is 0 Å². The van der Waals surface area contributed by atoms with Crippen molar-refractivity contribution in [3.05, 3.63) is 35.9 Å². The Kier molecular flexibility index (Phi) is 7.97. The number of aryl methyl sites for hydroxylation is 1. The largest absolute Gasteiger partial charge is 0.342 e. The molecule has 112 valence electrons. The Labute approximate surface area is 123 Å². The highest BCUT2D eigenvalue weighted by atomic mass is 16.2. The molecule has 0 saturated carbocycles. The van der Waals surface area contributed by atoms with Gasteiger partial charge < -0.3 is 10.2 Å². The van der Waals surface area contributed by atoms with Crippen molar-refractivity contribution >= 4 is 5.91 Å². The first-order chi connectivity index (χ1) is 9.69. The van der Waals surface area contributed by atoms with Gasteiger partial charge in [0.05, 0.1) is 6.04 Å². The van der Waals surface area contributed by atoms with Gasteiger partial charge in [-0.3, -0.25) is 4.79 Å². The lowest BCUT2D eigenvalue weighted by molar-refractivity contribution is -0.132. The highest BCUT2D eigenvalue weighted by Gasteiger charge is 2.16. The normalized spacial score (nSPS) is 12.2. The summed E-state index contributed by atoms with van der Waals surface area (Å²) in [5.41, 5.74) is 1.39. The van der Waals surface area contributed by atoms with E-state index in [-0.39, 0.29) is 11.9 Å². The molecule has 1 aromatic carbocycles. The summed E-state index contributed by atoms with van der Waals surface area (Å²) in [5, 5.41) is 3.33. The van der Waals surface area contributed by atoms with Crippen LogP contribution in [0.1, 0.15) is 39.2 Å². The maximum atomic E-state index is 12.1. The number of nitrogens with one attached hydrogen (secondary N) is 1. The molecule has 0 aliphatic rings. The number of likely N-dealkylation sites (N-methyl/N-ethyl adjacent to an activating group) is 1. The molecule has 0 aliphatic heterocycles. The lowest BCUT2D eigenvalue weighted by atomic mass is 10.1. The third-order valence-electron chi connectivity index (χ3n) is 3.63. The molecule has 0 aromatic heterocycles. The van der Waals surface area contributed by atoms with Crippen LogP contribution in [-0.4, -0.2) is 36.5 Å². The number of nitrogens with zero attached hydrogens (tertiary/aromatic N) is 1. The van der Waals surface area contributed by atoms with E-state index in [1.807, 2.05) is 31.7 Å². The van der Waals surface area contributed by atoms with Crippen molar-refractivity contribution in [2.45, 2.75) is 46.1 Å². The van der Waals surface area contributed by atoms with E-state index in [1.165, 1.54) is 5.56 Å². The smallest absolute Gasteiger partial charge is 0.239 e. The van der Waals surface area contributed by atoms with Crippen molar-refractivity contribution in [1.82, 2.24) is 10.2 Å². The van der Waals surface area contributed by atoms with Crippen LogP contribution in [0.5, 0.6) is 0 Å². The highest BCUT2D eigenvalue weighted by Crippen LogP contribution is 2.04. The number of carbonyl (C=O) groups excluding carboxylic acids is 1. The zero-order chi connectivity index (χ0) is 14.8. The number of hydrogen-bond acceptors (Lipinski definition) is 2. The first-order valence-corrected chi connectivity index (χ1v) is 7.75. The summed E-state index contributed by atoms with van der Waals surface area (Å²) in [6.07, 6.45) is 3.37. The van der Waals surface area contributed by atoms with Crippen LogP contribution in [-0.2, 0) is 11.2 Å². The van der Waals surface area contributed by atoms with Gasteiger partial charge in [0.1, 0.15) is 0 Å². The van der Waals surface area contributed by atoms with Crippen molar-refractivity contribution < 1.29 is 4.79 Å². The number of rotatable bonds is 9. The van der Waals surface area contributed by atoms with E-state index < -0.39 is 0 Å². The fourth-order valence-corrected chi connectivity index (χ4v) is 2.31. The molecule has 1 atom stereocenters. The second-order valence-corrected chi connectivity index (χ2v) is 5.13. The minimum atomic E-state index is -0.0772. The molecule has 3 heteroatoms. The van der Waals surface area contributed by atoms with Crippen LogP contribution < -0.4 is 5.32 Å². The molecule has 0 aliphatic carbocycles. The minimum absolute atomic E-state index is 0.0772. The zero-order valence-electron chi connectivity index (χ0n) is 13.1. The van der Waals surface area contributed by atoms with Crippen molar-refractivity contribution in [3.8, 4) is 0 Å². The lowest BCUT2D eigenvalue weighted by Crippen LogP contribution is -2.45. The van der Waals surface area contributed by atoms with Crippen molar-refractivity contribution in [2.24, 2.45) is 0 Å². The minimum Gasteiger partial charge on any atom is -0.342 e. The third kappa shape index (κ3) is 5.74. The van der Waals surface area contributed by atoms with Crippen LogP contribution in [0.25, 0.3) is 0 Å². The zero-order valence-corrected chi connectivity index (χ0v) is 13.1. The number of unbranched alkanes of at least 4 members (excludes halogenated alkanes) is 1. The van der Waals surface area contributed by atoms with Gasteiger partial charge in [-0.2, -0.15) is 0 Å². The molecule has 20 heavy (non-hydrogen) atoms. The second-order valence-electron chi connectivity index (χ2n) is 5.13. The first-order valence-electron chi connectivity index (χ1n) is 7.75. The van der Waals surface area contributed by atoms with Gasteiger partial charge in [0.2, 0.25) is 5.91 Å². The monoisotopic (exact) mass is 276 g/mol. The Morgan fingerprint density at radius 3 is 2.40 bits per heavy atom. The summed E-state index contributed by atoms with van der Waals surface area (Å²) in [7, 11) is 0. The van der Waals surface area contributed by atoms with E-state index >= 15 is 0 Å². The van der Waals surface area contributed by atoms with Crippen LogP contribution >= 0.6 is 0 Å². The molecule has 1 N–H and O–H groups in total. The summed E-state index contributed by atoms with van der Waals surface area (Å²) in [6.45, 7) is 8.48. The topological polar surface area (TPSA) is 32.3 Å². The Morgan fingerprint density at radius 2 is 1.80 bits per heavy atom. The average Bonchev–Trinajstić information content (AvgIpc) is 2.49. The van der Waals surface area contributed by atoms with Crippen LogP contribution in [0.3, 0.4) is 0 Å². The van der Waals surface area contributed by atoms with E-state index in [9.17, 15) is 4.79 Å². The van der Waals surface area contributed by atoms with Gasteiger partial charge in [-0.05, 0) is 52.1 Å². The lowest BCUT2D eigenvalue weighted by Gasteiger charge is -2.23. The van der Waals surface area contributed by atoms with E-state index in [1.54, 1.807) is 0 Å². The summed E-state index contributed by atoms with van der Waals surface area (Å²) in [6, 6.07) is 10.5. The molecule has 1 unspecified atom stereocenters. The van der Waals surface area contributed by atoms with Crippen LogP contribution in [0, 0.1) is 0 Å². The predicted molar refractivity (Wildman–Crippen MR) is 84.8 cm³/mol. The Balaban J connectivity index is 2.16. The van der Waals surface area contributed by atoms with Crippen LogP contribution in [0.15, 0.2) is 30.3 Å². The van der Waals surface area contributed by atoms with E-state index in [0.29, 0.717) is 0 Å². The number of benzene rings is 1. The molecular formula is C17H28N2O. The van der Waals surface area contributed by atoms with Crippen LogP contribution in [0.4, 0.5) is 0 Å². The van der Waals surface area contributed by atoms with Crippen molar-refractivity contribution in [2.75, 3.05) is 19.6 Å². The maximum Gasteiger partial charge on any atom is 0.239 e. The molecule has 0 fully saturated rings. The molecule has 1 amide bonds. The fraction of sp³-hybridized carbons (Fsp3) is 0.588. The summed E-state index contributed by atoms with van der Waals surface area (Å²) in [4.78, 5) is 13.9. The molecule has 0 saturated heterocycles.